The van der Waals surface area contributed by atoms with Crippen LogP contribution in [-0.2, 0) is 9.59 Å². The molecule has 36 heavy (non-hydrogen) atoms. The van der Waals surface area contributed by atoms with Crippen LogP contribution in [0.25, 0.3) is 11.3 Å². The number of methoxy groups -OCH3 is 2. The monoisotopic (exact) mass is 486 g/mol. The van der Waals surface area contributed by atoms with E-state index in [9.17, 15) is 9.59 Å². The predicted molar refractivity (Wildman–Crippen MR) is 143 cm³/mol. The maximum Gasteiger partial charge on any atom is 0.258 e. The number of carbonyl (C=O) groups excluding carboxylic acids is 2. The average Bonchev–Trinajstić information content (AvgIpc) is 3.24. The molecule has 1 aliphatic heterocycles. The van der Waals surface area contributed by atoms with E-state index in [-0.39, 0.29) is 18.4 Å². The molecule has 0 aliphatic carbocycles. The molecule has 3 aromatic carbocycles. The number of amides is 2. The Bertz CT molecular complexity index is 1290. The fraction of sp³-hybridized carbons (Fsp3) is 0.214. The number of fused-ring (bicyclic) bond motifs is 1. The Kier molecular flexibility index (Phi) is 7.56. The Morgan fingerprint density at radius 2 is 1.64 bits per heavy atom. The molecule has 4 rings (SSSR count). The van der Waals surface area contributed by atoms with E-state index in [0.717, 1.165) is 29.0 Å². The van der Waals surface area contributed by atoms with Gasteiger partial charge in [-0.1, -0.05) is 37.3 Å². The van der Waals surface area contributed by atoms with Crippen LogP contribution in [0.5, 0.6) is 11.5 Å². The van der Waals surface area contributed by atoms with E-state index in [1.807, 2.05) is 61.5 Å². The van der Waals surface area contributed by atoms with Crippen LogP contribution in [0.1, 0.15) is 18.1 Å². The minimum absolute atomic E-state index is 0.0201. The second kappa shape index (κ2) is 11.0. The number of carbonyl (C=O) groups is 2. The number of hydrogen-bond acceptors (Lipinski definition) is 6. The summed E-state index contributed by atoms with van der Waals surface area (Å²) in [5, 5.41) is 9.42. The van der Waals surface area contributed by atoms with Gasteiger partial charge in [0.05, 0.1) is 37.7 Å². The van der Waals surface area contributed by atoms with Gasteiger partial charge in [0.2, 0.25) is 5.91 Å². The maximum atomic E-state index is 13.2. The molecule has 0 unspecified atom stereocenters. The van der Waals surface area contributed by atoms with Gasteiger partial charge in [0.25, 0.3) is 5.91 Å². The van der Waals surface area contributed by atoms with Gasteiger partial charge in [0.1, 0.15) is 0 Å². The Labute approximate surface area is 210 Å². The normalized spacial score (nSPS) is 13.5. The molecule has 3 aromatic rings. The highest BCUT2D eigenvalue weighted by Crippen LogP contribution is 2.43. The summed E-state index contributed by atoms with van der Waals surface area (Å²) < 4.78 is 10.9. The maximum absolute atomic E-state index is 13.2. The third-order valence-electron chi connectivity index (χ3n) is 6.01. The molecule has 1 aliphatic rings. The number of hydrogen-bond donors (Lipinski definition) is 3. The summed E-state index contributed by atoms with van der Waals surface area (Å²) in [5.41, 5.74) is 4.93. The van der Waals surface area contributed by atoms with Crippen molar-refractivity contribution in [3.05, 3.63) is 77.9 Å². The molecule has 2 amide bonds. The molecule has 0 radical (unpaired) electrons. The highest BCUT2D eigenvalue weighted by Gasteiger charge is 2.30. The zero-order chi connectivity index (χ0) is 25.7. The highest BCUT2D eigenvalue weighted by atomic mass is 16.5. The molecule has 0 saturated carbocycles. The molecule has 8 heteroatoms. The van der Waals surface area contributed by atoms with E-state index >= 15 is 0 Å². The molecule has 0 fully saturated rings. The van der Waals surface area contributed by atoms with Crippen LogP contribution in [0, 0.1) is 0 Å². The van der Waals surface area contributed by atoms with Crippen molar-refractivity contribution in [3.8, 4) is 11.5 Å². The van der Waals surface area contributed by atoms with Crippen LogP contribution < -0.4 is 30.3 Å². The minimum atomic E-state index is -0.225. The van der Waals surface area contributed by atoms with Gasteiger partial charge in [-0.05, 0) is 42.4 Å². The zero-order valence-electron chi connectivity index (χ0n) is 20.8. The largest absolute Gasteiger partial charge is 0.493 e. The second-order valence-corrected chi connectivity index (χ2v) is 8.23. The molecule has 186 valence electrons. The summed E-state index contributed by atoms with van der Waals surface area (Å²) in [5.74, 6) is 0.827. The lowest BCUT2D eigenvalue weighted by atomic mass is 9.99. The highest BCUT2D eigenvalue weighted by molar-refractivity contribution is 6.37. The number of rotatable bonds is 9. The molecule has 0 spiro atoms. The number of benzene rings is 3. The van der Waals surface area contributed by atoms with Crippen molar-refractivity contribution >= 4 is 40.1 Å². The van der Waals surface area contributed by atoms with E-state index in [1.165, 1.54) is 0 Å². The Morgan fingerprint density at radius 3 is 2.28 bits per heavy atom. The average molecular weight is 487 g/mol. The van der Waals surface area contributed by atoms with E-state index in [0.29, 0.717) is 28.5 Å². The van der Waals surface area contributed by atoms with Gasteiger partial charge in [-0.25, -0.2) is 0 Å². The van der Waals surface area contributed by atoms with Crippen molar-refractivity contribution in [1.29, 1.82) is 0 Å². The lowest BCUT2D eigenvalue weighted by molar-refractivity contribution is -0.117. The summed E-state index contributed by atoms with van der Waals surface area (Å²) in [6.45, 7) is 2.97. The Morgan fingerprint density at radius 1 is 0.972 bits per heavy atom. The summed E-state index contributed by atoms with van der Waals surface area (Å²) >= 11 is 0. The van der Waals surface area contributed by atoms with Crippen LogP contribution in [0.15, 0.2) is 66.7 Å². The first-order valence-corrected chi connectivity index (χ1v) is 11.7. The summed E-state index contributed by atoms with van der Waals surface area (Å²) in [6, 6.07) is 20.8. The smallest absolute Gasteiger partial charge is 0.258 e. The van der Waals surface area contributed by atoms with Gasteiger partial charge >= 0.3 is 0 Å². The first-order chi connectivity index (χ1) is 17.5. The van der Waals surface area contributed by atoms with Gasteiger partial charge in [0.15, 0.2) is 11.5 Å². The van der Waals surface area contributed by atoms with Crippen molar-refractivity contribution in [2.24, 2.45) is 0 Å². The third kappa shape index (κ3) is 5.04. The van der Waals surface area contributed by atoms with Gasteiger partial charge < -0.3 is 30.3 Å². The molecule has 3 N–H and O–H groups in total. The molecule has 0 saturated heterocycles. The molecule has 1 heterocycles. The van der Waals surface area contributed by atoms with Crippen LogP contribution in [0.3, 0.4) is 0 Å². The first kappa shape index (κ1) is 24.8. The van der Waals surface area contributed by atoms with E-state index in [2.05, 4.69) is 16.0 Å². The van der Waals surface area contributed by atoms with E-state index < -0.39 is 0 Å². The van der Waals surface area contributed by atoms with Crippen molar-refractivity contribution in [3.63, 3.8) is 0 Å². The Hall–Kier alpha value is -4.30. The topological polar surface area (TPSA) is 91.9 Å². The Balaban J connectivity index is 1.73. The molecular formula is C28H30N4O4. The molecular weight excluding hydrogens is 456 g/mol. The predicted octanol–water partition coefficient (Wildman–Crippen LogP) is 4.21. The quantitative estimate of drug-likeness (QED) is 0.393. The third-order valence-corrected chi connectivity index (χ3v) is 6.01. The lowest BCUT2D eigenvalue weighted by Gasteiger charge is -2.19. The van der Waals surface area contributed by atoms with Crippen LogP contribution >= 0.6 is 0 Å². The zero-order valence-corrected chi connectivity index (χ0v) is 20.8. The summed E-state index contributed by atoms with van der Waals surface area (Å²) in [7, 11) is 4.88. The molecule has 0 bridgehead atoms. The number of anilines is 3. The molecule has 8 nitrogen and oxygen atoms in total. The van der Waals surface area contributed by atoms with Gasteiger partial charge in [-0.15, -0.1) is 0 Å². The fourth-order valence-electron chi connectivity index (χ4n) is 4.04. The lowest BCUT2D eigenvalue weighted by Crippen LogP contribution is -2.35. The first-order valence-electron chi connectivity index (χ1n) is 11.7. The van der Waals surface area contributed by atoms with Crippen molar-refractivity contribution in [1.82, 2.24) is 5.32 Å². The van der Waals surface area contributed by atoms with Crippen LogP contribution in [0.2, 0.25) is 0 Å². The van der Waals surface area contributed by atoms with E-state index in [1.54, 1.807) is 38.3 Å². The fourth-order valence-corrected chi connectivity index (χ4v) is 4.04. The van der Waals surface area contributed by atoms with Crippen LogP contribution in [0.4, 0.5) is 17.1 Å². The molecule has 0 atom stereocenters. The number of nitrogens with zero attached hydrogens (tertiary/aromatic N) is 1. The van der Waals surface area contributed by atoms with Gasteiger partial charge in [-0.2, -0.15) is 0 Å². The number of ether oxygens (including phenoxy) is 2. The second-order valence-electron chi connectivity index (χ2n) is 8.23. The standard InChI is InChI=1S/C28H30N4O4/c1-5-29-17-25(33)32(2)20-13-11-19(12-14-20)30-27(18-9-7-6-8-10-18)26-21-15-23(35-3)24(36-4)16-22(21)31-28(26)34/h6-16,29-30H,5,17H2,1-4H3,(H,31,34)/b27-26-. The summed E-state index contributed by atoms with van der Waals surface area (Å²) in [4.78, 5) is 27.2. The summed E-state index contributed by atoms with van der Waals surface area (Å²) in [6.07, 6.45) is 0. The SMILES string of the molecule is CCNCC(=O)N(C)c1ccc(N/C(=C2\C(=O)Nc3cc(OC)c(OC)cc32)c2ccccc2)cc1. The minimum Gasteiger partial charge on any atom is -0.493 e. The van der Waals surface area contributed by atoms with Crippen molar-refractivity contribution < 1.29 is 19.1 Å². The molecule has 0 aromatic heterocycles. The van der Waals surface area contributed by atoms with Crippen LogP contribution in [-0.4, -0.2) is 46.2 Å². The number of likely N-dealkylation sites (N-methyl/N-ethyl adjacent to an activating group) is 2. The number of nitrogens with one attached hydrogen (secondary N) is 3. The van der Waals surface area contributed by atoms with E-state index in [4.69, 9.17) is 9.47 Å². The van der Waals surface area contributed by atoms with Crippen molar-refractivity contribution in [2.75, 3.05) is 49.9 Å². The van der Waals surface area contributed by atoms with Gasteiger partial charge in [-0.3, -0.25) is 9.59 Å². The van der Waals surface area contributed by atoms with Gasteiger partial charge in [0, 0.05) is 30.1 Å². The van der Waals surface area contributed by atoms with Crippen molar-refractivity contribution in [2.45, 2.75) is 6.92 Å².